The summed E-state index contributed by atoms with van der Waals surface area (Å²) in [7, 11) is 4.65. The number of para-hydroxylation sites is 1. The molecule has 0 unspecified atom stereocenters. The van der Waals surface area contributed by atoms with Crippen molar-refractivity contribution < 1.29 is 42.8 Å². The van der Waals surface area contributed by atoms with Gasteiger partial charge in [0.1, 0.15) is 23.7 Å². The van der Waals surface area contributed by atoms with Crippen molar-refractivity contribution in [1.29, 1.82) is 0 Å². The van der Waals surface area contributed by atoms with E-state index in [1.54, 1.807) is 28.1 Å². The lowest BCUT2D eigenvalue weighted by Gasteiger charge is -2.33. The molecule has 4 atom stereocenters. The van der Waals surface area contributed by atoms with Crippen LogP contribution in [0.25, 0.3) is 0 Å². The topological polar surface area (TPSA) is 119 Å². The molecule has 10 nitrogen and oxygen atoms in total. The van der Waals surface area contributed by atoms with Crippen LogP contribution in [0.3, 0.4) is 0 Å². The van der Waals surface area contributed by atoms with Crippen LogP contribution in [0.4, 0.5) is 0 Å². The molecule has 0 aliphatic heterocycles. The minimum Gasteiger partial charge on any atom is -0.497 e. The lowest BCUT2D eigenvalue weighted by molar-refractivity contribution is -0.159. The van der Waals surface area contributed by atoms with Gasteiger partial charge in [-0.1, -0.05) is 37.3 Å². The number of nitrogens with zero attached hydrogens (tertiary/aromatic N) is 1. The first kappa shape index (κ1) is 34.1. The molecule has 0 saturated carbocycles. The first-order chi connectivity index (χ1) is 21.2. The zero-order chi connectivity index (χ0) is 32.1. The summed E-state index contributed by atoms with van der Waals surface area (Å²) in [6.45, 7) is 5.09. The number of ether oxygens (including phenoxy) is 6. The molecule has 0 amide bonds. The first-order valence-electron chi connectivity index (χ1n) is 14.4. The Hall–Kier alpha value is -4.44. The van der Waals surface area contributed by atoms with E-state index in [9.17, 15) is 14.4 Å². The molecule has 3 rings (SSSR count). The van der Waals surface area contributed by atoms with Gasteiger partial charge < -0.3 is 28.4 Å². The number of carbonyl (C=O) groups is 3. The van der Waals surface area contributed by atoms with Crippen molar-refractivity contribution in [2.75, 3.05) is 27.9 Å². The van der Waals surface area contributed by atoms with Crippen LogP contribution in [0.1, 0.15) is 49.7 Å². The highest BCUT2D eigenvalue weighted by atomic mass is 16.6. The molecule has 0 bridgehead atoms. The van der Waals surface area contributed by atoms with Gasteiger partial charge in [-0.3, -0.25) is 14.4 Å². The SMILES string of the molecule is COCC[C@H](Cc1ccc(OC)cc1)[C@@H](Oc1ccccc1)[C@H](C)OC(=O)[C@H](C)CC(=O)c1nccc(OC)c1OC(C)=O. The lowest BCUT2D eigenvalue weighted by Crippen LogP contribution is -2.42. The number of carbonyl (C=O) groups excluding carboxylic acids is 3. The normalized spacial score (nSPS) is 13.6. The van der Waals surface area contributed by atoms with Crippen molar-refractivity contribution in [1.82, 2.24) is 4.98 Å². The third-order valence-electron chi connectivity index (χ3n) is 7.09. The van der Waals surface area contributed by atoms with Gasteiger partial charge in [-0.15, -0.1) is 0 Å². The second-order valence-electron chi connectivity index (χ2n) is 10.4. The van der Waals surface area contributed by atoms with Crippen molar-refractivity contribution in [3.8, 4) is 23.0 Å². The Morgan fingerprint density at radius 3 is 2.18 bits per heavy atom. The summed E-state index contributed by atoms with van der Waals surface area (Å²) >= 11 is 0. The van der Waals surface area contributed by atoms with Gasteiger partial charge in [0.15, 0.2) is 17.2 Å². The van der Waals surface area contributed by atoms with Crippen LogP contribution in [-0.4, -0.2) is 62.9 Å². The Kier molecular flexibility index (Phi) is 13.2. The largest absolute Gasteiger partial charge is 0.497 e. The number of aromatic nitrogens is 1. The summed E-state index contributed by atoms with van der Waals surface area (Å²) in [6, 6.07) is 18.6. The maximum absolute atomic E-state index is 13.3. The fraction of sp³-hybridized carbons (Fsp3) is 0.412. The first-order valence-corrected chi connectivity index (χ1v) is 14.4. The molecule has 0 spiro atoms. The Bertz CT molecular complexity index is 1360. The predicted molar refractivity (Wildman–Crippen MR) is 163 cm³/mol. The molecule has 0 aliphatic rings. The van der Waals surface area contributed by atoms with Crippen molar-refractivity contribution >= 4 is 17.7 Å². The molecule has 44 heavy (non-hydrogen) atoms. The zero-order valence-corrected chi connectivity index (χ0v) is 26.1. The second kappa shape index (κ2) is 17.0. The number of ketones is 1. The van der Waals surface area contributed by atoms with E-state index in [1.807, 2.05) is 54.6 Å². The van der Waals surface area contributed by atoms with E-state index in [0.29, 0.717) is 25.2 Å². The molecule has 236 valence electrons. The maximum atomic E-state index is 13.3. The summed E-state index contributed by atoms with van der Waals surface area (Å²) in [5.41, 5.74) is 0.970. The highest BCUT2D eigenvalue weighted by Crippen LogP contribution is 2.32. The molecule has 0 radical (unpaired) electrons. The van der Waals surface area contributed by atoms with Crippen LogP contribution in [0.15, 0.2) is 66.9 Å². The van der Waals surface area contributed by atoms with Gasteiger partial charge in [-0.25, -0.2) is 4.98 Å². The minimum absolute atomic E-state index is 0.0859. The number of esters is 2. The van der Waals surface area contributed by atoms with Gasteiger partial charge in [0.05, 0.1) is 20.1 Å². The highest BCUT2D eigenvalue weighted by molar-refractivity contribution is 5.99. The van der Waals surface area contributed by atoms with Crippen LogP contribution in [0, 0.1) is 11.8 Å². The van der Waals surface area contributed by atoms with E-state index < -0.39 is 35.8 Å². The van der Waals surface area contributed by atoms with Crippen LogP contribution in [-0.2, 0) is 25.5 Å². The van der Waals surface area contributed by atoms with E-state index in [2.05, 4.69) is 4.98 Å². The van der Waals surface area contributed by atoms with E-state index in [0.717, 1.165) is 11.3 Å². The molecule has 0 saturated heterocycles. The Morgan fingerprint density at radius 2 is 1.57 bits per heavy atom. The maximum Gasteiger partial charge on any atom is 0.309 e. The summed E-state index contributed by atoms with van der Waals surface area (Å²) in [5, 5.41) is 0. The number of rotatable bonds is 17. The van der Waals surface area contributed by atoms with Gasteiger partial charge in [-0.2, -0.15) is 0 Å². The Morgan fingerprint density at radius 1 is 0.864 bits per heavy atom. The molecular weight excluding hydrogens is 566 g/mol. The number of hydrogen-bond acceptors (Lipinski definition) is 10. The van der Waals surface area contributed by atoms with Gasteiger partial charge >= 0.3 is 11.9 Å². The van der Waals surface area contributed by atoms with E-state index >= 15 is 0 Å². The molecule has 0 N–H and O–H groups in total. The van der Waals surface area contributed by atoms with Crippen molar-refractivity contribution in [3.63, 3.8) is 0 Å². The van der Waals surface area contributed by atoms with Gasteiger partial charge in [0, 0.05) is 45.2 Å². The highest BCUT2D eigenvalue weighted by Gasteiger charge is 2.33. The summed E-state index contributed by atoms with van der Waals surface area (Å²) in [5.74, 6) is -1.10. The van der Waals surface area contributed by atoms with Crippen LogP contribution in [0.2, 0.25) is 0 Å². The Labute approximate surface area is 258 Å². The molecular formula is C34H41NO9. The standard InChI is InChI=1S/C34H41NO9/c1-22(20-29(37)31-33(43-24(3)36)30(41-6)16-18-35-31)34(38)42-23(2)32(44-28-10-8-7-9-11-28)26(17-19-39-4)21-25-12-14-27(40-5)15-13-25/h7-16,18,22-23,26,32H,17,19-21H2,1-6H3/t22-,23+,26-,32+/m1/s1. The third-order valence-corrected chi connectivity index (χ3v) is 7.09. The Balaban J connectivity index is 1.80. The number of methoxy groups -OCH3 is 3. The van der Waals surface area contributed by atoms with Crippen LogP contribution >= 0.6 is 0 Å². The molecule has 0 fully saturated rings. The molecule has 3 aromatic rings. The van der Waals surface area contributed by atoms with Crippen LogP contribution in [0.5, 0.6) is 23.0 Å². The summed E-state index contributed by atoms with van der Waals surface area (Å²) < 4.78 is 33.6. The fourth-order valence-corrected chi connectivity index (χ4v) is 4.80. The van der Waals surface area contributed by atoms with Crippen molar-refractivity contribution in [3.05, 3.63) is 78.1 Å². The summed E-state index contributed by atoms with van der Waals surface area (Å²) in [6.07, 6.45) is 1.24. The average Bonchev–Trinajstić information content (AvgIpc) is 3.02. The fourth-order valence-electron chi connectivity index (χ4n) is 4.80. The van der Waals surface area contributed by atoms with E-state index in [4.69, 9.17) is 28.4 Å². The van der Waals surface area contributed by atoms with Gasteiger partial charge in [0.25, 0.3) is 0 Å². The second-order valence-corrected chi connectivity index (χ2v) is 10.4. The van der Waals surface area contributed by atoms with E-state index in [1.165, 1.54) is 26.3 Å². The van der Waals surface area contributed by atoms with Gasteiger partial charge in [-0.05, 0) is 49.6 Å². The third kappa shape index (κ3) is 9.80. The van der Waals surface area contributed by atoms with Crippen molar-refractivity contribution in [2.24, 2.45) is 11.8 Å². The molecule has 2 aromatic carbocycles. The quantitative estimate of drug-likeness (QED) is 0.144. The van der Waals surface area contributed by atoms with E-state index in [-0.39, 0.29) is 29.5 Å². The van der Waals surface area contributed by atoms with Crippen molar-refractivity contribution in [2.45, 2.75) is 52.2 Å². The smallest absolute Gasteiger partial charge is 0.309 e. The molecule has 10 heteroatoms. The minimum atomic E-state index is -0.820. The lowest BCUT2D eigenvalue weighted by atomic mass is 9.88. The molecule has 1 heterocycles. The molecule has 1 aromatic heterocycles. The number of pyridine rings is 1. The zero-order valence-electron chi connectivity index (χ0n) is 26.1. The predicted octanol–water partition coefficient (Wildman–Crippen LogP) is 5.51. The van der Waals surface area contributed by atoms with Gasteiger partial charge in [0.2, 0.25) is 5.75 Å². The number of Topliss-reactive ketones (excluding diaryl/α,β-unsaturated/α-hetero) is 1. The monoisotopic (exact) mass is 607 g/mol. The van der Waals surface area contributed by atoms with Crippen LogP contribution < -0.4 is 18.9 Å². The summed E-state index contributed by atoms with van der Waals surface area (Å²) in [4.78, 5) is 42.3. The number of hydrogen-bond donors (Lipinski definition) is 0. The average molecular weight is 608 g/mol. The number of benzene rings is 2. The molecule has 0 aliphatic carbocycles.